The van der Waals surface area contributed by atoms with E-state index < -0.39 is 0 Å². The molecule has 3 heteroatoms. The van der Waals surface area contributed by atoms with E-state index in [9.17, 15) is 4.79 Å². The molecule has 3 rings (SSSR count). The quantitative estimate of drug-likeness (QED) is 0.793. The average molecular weight is 254 g/mol. The van der Waals surface area contributed by atoms with Crippen LogP contribution in [0.25, 0.3) is 0 Å². The Morgan fingerprint density at radius 1 is 1.37 bits per heavy atom. The lowest BCUT2D eigenvalue weighted by atomic mass is 10.1. The van der Waals surface area contributed by atoms with Gasteiger partial charge in [0.15, 0.2) is 0 Å². The minimum Gasteiger partial charge on any atom is -0.326 e. The molecule has 98 valence electrons. The van der Waals surface area contributed by atoms with E-state index in [-0.39, 0.29) is 11.8 Å². The minimum absolute atomic E-state index is 0.179. The third-order valence-electron chi connectivity index (χ3n) is 4.17. The van der Waals surface area contributed by atoms with Crippen molar-refractivity contribution >= 4 is 11.6 Å². The Kier molecular flexibility index (Phi) is 3.27. The van der Waals surface area contributed by atoms with E-state index in [0.717, 1.165) is 11.3 Å². The van der Waals surface area contributed by atoms with Crippen molar-refractivity contribution < 1.29 is 4.79 Å². The second-order valence-corrected chi connectivity index (χ2v) is 5.36. The van der Waals surface area contributed by atoms with E-state index in [2.05, 4.69) is 17.2 Å². The number of anilines is 1. The first-order valence-electron chi connectivity index (χ1n) is 6.89. The molecule has 1 aromatic carbocycles. The molecule has 2 atom stereocenters. The summed E-state index contributed by atoms with van der Waals surface area (Å²) >= 11 is 0. The highest BCUT2D eigenvalue weighted by Crippen LogP contribution is 2.57. The van der Waals surface area contributed by atoms with Gasteiger partial charge < -0.3 is 11.1 Å². The molecule has 0 radical (unpaired) electrons. The van der Waals surface area contributed by atoms with Crippen molar-refractivity contribution in [2.24, 2.45) is 23.5 Å². The molecular formula is C16H18N2O. The smallest absolute Gasteiger partial charge is 0.228 e. The number of fused-ring (bicyclic) bond motifs is 1. The molecule has 2 fully saturated rings. The Labute approximate surface area is 113 Å². The Morgan fingerprint density at radius 2 is 2.16 bits per heavy atom. The maximum Gasteiger partial charge on any atom is 0.228 e. The molecule has 2 unspecified atom stereocenters. The summed E-state index contributed by atoms with van der Waals surface area (Å²) in [6.07, 6.45) is 3.75. The first-order valence-corrected chi connectivity index (χ1v) is 6.89. The van der Waals surface area contributed by atoms with Crippen LogP contribution in [-0.4, -0.2) is 12.5 Å². The van der Waals surface area contributed by atoms with E-state index >= 15 is 0 Å². The molecule has 0 bridgehead atoms. The van der Waals surface area contributed by atoms with Gasteiger partial charge in [0.05, 0.1) is 6.54 Å². The van der Waals surface area contributed by atoms with Crippen molar-refractivity contribution in [1.82, 2.24) is 0 Å². The fourth-order valence-corrected chi connectivity index (χ4v) is 3.26. The highest BCUT2D eigenvalue weighted by molar-refractivity contribution is 5.95. The zero-order valence-corrected chi connectivity index (χ0v) is 10.9. The predicted molar refractivity (Wildman–Crippen MR) is 75.3 cm³/mol. The van der Waals surface area contributed by atoms with Crippen LogP contribution in [0, 0.1) is 29.6 Å². The summed E-state index contributed by atoms with van der Waals surface area (Å²) in [5.74, 6) is 7.54. The van der Waals surface area contributed by atoms with Crippen LogP contribution in [-0.2, 0) is 4.79 Å². The summed E-state index contributed by atoms with van der Waals surface area (Å²) in [6.45, 7) is 0.349. The maximum absolute atomic E-state index is 12.1. The lowest BCUT2D eigenvalue weighted by Crippen LogP contribution is -2.16. The molecule has 0 heterocycles. The zero-order valence-electron chi connectivity index (χ0n) is 10.9. The number of carbonyl (C=O) groups excluding carboxylic acids is 1. The summed E-state index contributed by atoms with van der Waals surface area (Å²) in [6, 6.07) is 7.64. The summed E-state index contributed by atoms with van der Waals surface area (Å²) < 4.78 is 0. The van der Waals surface area contributed by atoms with Crippen molar-refractivity contribution in [3.63, 3.8) is 0 Å². The van der Waals surface area contributed by atoms with Crippen molar-refractivity contribution in [3.8, 4) is 11.8 Å². The first-order chi connectivity index (χ1) is 9.29. The number of carbonyl (C=O) groups is 1. The van der Waals surface area contributed by atoms with Crippen molar-refractivity contribution in [2.75, 3.05) is 11.9 Å². The maximum atomic E-state index is 12.1. The monoisotopic (exact) mass is 254 g/mol. The predicted octanol–water partition coefficient (Wildman–Crippen LogP) is 1.98. The van der Waals surface area contributed by atoms with Gasteiger partial charge in [0.2, 0.25) is 5.91 Å². The molecular weight excluding hydrogens is 236 g/mol. The Balaban J connectivity index is 1.65. The highest BCUT2D eigenvalue weighted by Gasteiger charge is 2.56. The van der Waals surface area contributed by atoms with Gasteiger partial charge in [-0.25, -0.2) is 0 Å². The topological polar surface area (TPSA) is 55.1 Å². The highest BCUT2D eigenvalue weighted by atomic mass is 16.2. The fourth-order valence-electron chi connectivity index (χ4n) is 3.26. The number of nitrogens with two attached hydrogens (primary N) is 1. The largest absolute Gasteiger partial charge is 0.326 e. The molecule has 0 aliphatic heterocycles. The van der Waals surface area contributed by atoms with Crippen LogP contribution in [0.15, 0.2) is 24.3 Å². The van der Waals surface area contributed by atoms with Gasteiger partial charge in [0.1, 0.15) is 0 Å². The molecule has 1 amide bonds. The molecule has 0 saturated heterocycles. The van der Waals surface area contributed by atoms with Crippen molar-refractivity contribution in [3.05, 3.63) is 29.8 Å². The fraction of sp³-hybridized carbons (Fsp3) is 0.438. The SMILES string of the molecule is NCC#Cc1cccc(NC(=O)C2C3CCCC32)c1. The Morgan fingerprint density at radius 3 is 2.89 bits per heavy atom. The van der Waals surface area contributed by atoms with Crippen LogP contribution in [0.5, 0.6) is 0 Å². The number of nitrogens with one attached hydrogen (secondary N) is 1. The number of hydrogen-bond donors (Lipinski definition) is 2. The standard InChI is InChI=1S/C16H18N2O/c17-9-3-5-11-4-1-6-12(10-11)18-16(19)15-13-7-2-8-14(13)15/h1,4,6,10,13-15H,2,7-9,17H2,(H,18,19). The van der Waals surface area contributed by atoms with Crippen LogP contribution in [0.3, 0.4) is 0 Å². The lowest BCUT2D eigenvalue weighted by Gasteiger charge is -2.06. The van der Waals surface area contributed by atoms with Gasteiger partial charge >= 0.3 is 0 Å². The molecule has 0 spiro atoms. The summed E-state index contributed by atoms with van der Waals surface area (Å²) in [4.78, 5) is 12.1. The van der Waals surface area contributed by atoms with Crippen LogP contribution in [0.1, 0.15) is 24.8 Å². The number of hydrogen-bond acceptors (Lipinski definition) is 2. The second kappa shape index (κ2) is 5.07. The van der Waals surface area contributed by atoms with E-state index in [4.69, 9.17) is 5.73 Å². The van der Waals surface area contributed by atoms with E-state index in [0.29, 0.717) is 18.4 Å². The van der Waals surface area contributed by atoms with Crippen LogP contribution < -0.4 is 11.1 Å². The van der Waals surface area contributed by atoms with Gasteiger partial charge in [-0.2, -0.15) is 0 Å². The molecule has 19 heavy (non-hydrogen) atoms. The third kappa shape index (κ3) is 2.50. The lowest BCUT2D eigenvalue weighted by molar-refractivity contribution is -0.118. The van der Waals surface area contributed by atoms with Crippen molar-refractivity contribution in [1.29, 1.82) is 0 Å². The third-order valence-corrected chi connectivity index (χ3v) is 4.17. The van der Waals surface area contributed by atoms with Crippen LogP contribution in [0.2, 0.25) is 0 Å². The summed E-state index contributed by atoms with van der Waals surface area (Å²) in [7, 11) is 0. The number of rotatable bonds is 2. The van der Waals surface area contributed by atoms with Gasteiger partial charge in [0, 0.05) is 17.2 Å². The summed E-state index contributed by atoms with van der Waals surface area (Å²) in [5.41, 5.74) is 7.07. The first kappa shape index (κ1) is 12.3. The second-order valence-electron chi connectivity index (χ2n) is 5.36. The van der Waals surface area contributed by atoms with Crippen molar-refractivity contribution in [2.45, 2.75) is 19.3 Å². The molecule has 0 aromatic heterocycles. The van der Waals surface area contributed by atoms with Gasteiger partial charge in [0.25, 0.3) is 0 Å². The van der Waals surface area contributed by atoms with Gasteiger partial charge in [-0.1, -0.05) is 24.3 Å². The Hall–Kier alpha value is -1.79. The van der Waals surface area contributed by atoms with Crippen LogP contribution >= 0.6 is 0 Å². The van der Waals surface area contributed by atoms with E-state index in [1.807, 2.05) is 24.3 Å². The van der Waals surface area contributed by atoms with Gasteiger partial charge in [-0.15, -0.1) is 0 Å². The minimum atomic E-state index is 0.179. The van der Waals surface area contributed by atoms with E-state index in [1.54, 1.807) is 0 Å². The molecule has 1 aromatic rings. The number of benzene rings is 1. The van der Waals surface area contributed by atoms with Crippen LogP contribution in [0.4, 0.5) is 5.69 Å². The van der Waals surface area contributed by atoms with E-state index in [1.165, 1.54) is 19.3 Å². The number of amides is 1. The normalized spacial score (nSPS) is 27.1. The average Bonchev–Trinajstić information content (AvgIpc) is 2.91. The molecule has 2 aliphatic carbocycles. The van der Waals surface area contributed by atoms with Gasteiger partial charge in [-0.05, 0) is 42.9 Å². The summed E-state index contributed by atoms with van der Waals surface area (Å²) in [5, 5.41) is 3.01. The molecule has 3 N–H and O–H groups in total. The molecule has 2 saturated carbocycles. The van der Waals surface area contributed by atoms with Gasteiger partial charge in [-0.3, -0.25) is 4.79 Å². The molecule has 2 aliphatic rings. The zero-order chi connectivity index (χ0) is 13.2. The molecule has 3 nitrogen and oxygen atoms in total. The Bertz CT molecular complexity index is 545.